The maximum Gasteiger partial charge on any atom is 0.123 e. The molecule has 1 aromatic carbocycles. The van der Waals surface area contributed by atoms with E-state index in [1.165, 1.54) is 18.4 Å². The second-order valence-corrected chi connectivity index (χ2v) is 5.35. The van der Waals surface area contributed by atoms with Crippen LogP contribution in [0.2, 0.25) is 0 Å². The second-order valence-electron chi connectivity index (χ2n) is 5.35. The van der Waals surface area contributed by atoms with Crippen molar-refractivity contribution in [3.63, 3.8) is 0 Å². The standard InChI is InChI=1S/C16H27NO/c1-5-8-14(4)12-18-16-10-7-6-9-15(16)11-17-13(2)3/h6-7,9-10,13-14,17H,5,8,11-12H2,1-4H3. The second kappa shape index (κ2) is 8.15. The van der Waals surface area contributed by atoms with E-state index in [1.54, 1.807) is 0 Å². The van der Waals surface area contributed by atoms with Crippen molar-refractivity contribution in [3.05, 3.63) is 29.8 Å². The van der Waals surface area contributed by atoms with Gasteiger partial charge in [-0.3, -0.25) is 0 Å². The molecule has 1 rings (SSSR count). The molecular formula is C16H27NO. The Balaban J connectivity index is 2.53. The van der Waals surface area contributed by atoms with Crippen molar-refractivity contribution in [2.75, 3.05) is 6.61 Å². The van der Waals surface area contributed by atoms with E-state index in [1.807, 2.05) is 6.07 Å². The van der Waals surface area contributed by atoms with E-state index in [9.17, 15) is 0 Å². The van der Waals surface area contributed by atoms with E-state index in [4.69, 9.17) is 4.74 Å². The Morgan fingerprint density at radius 1 is 1.17 bits per heavy atom. The summed E-state index contributed by atoms with van der Waals surface area (Å²) >= 11 is 0. The van der Waals surface area contributed by atoms with E-state index in [-0.39, 0.29) is 0 Å². The maximum atomic E-state index is 5.94. The summed E-state index contributed by atoms with van der Waals surface area (Å²) in [7, 11) is 0. The molecule has 0 aliphatic heterocycles. The monoisotopic (exact) mass is 249 g/mol. The number of hydrogen-bond donors (Lipinski definition) is 1. The summed E-state index contributed by atoms with van der Waals surface area (Å²) < 4.78 is 5.94. The third-order valence-electron chi connectivity index (χ3n) is 2.98. The minimum atomic E-state index is 0.497. The van der Waals surface area contributed by atoms with Crippen LogP contribution >= 0.6 is 0 Å². The molecular weight excluding hydrogens is 222 g/mol. The highest BCUT2D eigenvalue weighted by atomic mass is 16.5. The van der Waals surface area contributed by atoms with Gasteiger partial charge in [-0.05, 0) is 18.4 Å². The maximum absolute atomic E-state index is 5.94. The van der Waals surface area contributed by atoms with E-state index < -0.39 is 0 Å². The van der Waals surface area contributed by atoms with Gasteiger partial charge in [0.15, 0.2) is 0 Å². The Morgan fingerprint density at radius 3 is 2.56 bits per heavy atom. The minimum Gasteiger partial charge on any atom is -0.493 e. The molecule has 0 aliphatic rings. The molecule has 1 atom stereocenters. The quantitative estimate of drug-likeness (QED) is 0.752. The Bertz CT molecular complexity index is 336. The van der Waals surface area contributed by atoms with Crippen LogP contribution in [0.5, 0.6) is 5.75 Å². The van der Waals surface area contributed by atoms with E-state index in [2.05, 4.69) is 51.2 Å². The van der Waals surface area contributed by atoms with Crippen LogP contribution < -0.4 is 10.1 Å². The van der Waals surface area contributed by atoms with Gasteiger partial charge < -0.3 is 10.1 Å². The highest BCUT2D eigenvalue weighted by molar-refractivity contribution is 5.33. The van der Waals surface area contributed by atoms with Crippen molar-refractivity contribution < 1.29 is 4.74 Å². The molecule has 1 N–H and O–H groups in total. The summed E-state index contributed by atoms with van der Waals surface area (Å²) in [6.45, 7) is 10.5. The van der Waals surface area contributed by atoms with Crippen molar-refractivity contribution in [1.29, 1.82) is 0 Å². The smallest absolute Gasteiger partial charge is 0.123 e. The van der Waals surface area contributed by atoms with Crippen LogP contribution in [-0.4, -0.2) is 12.6 Å². The number of rotatable bonds is 8. The molecule has 0 fully saturated rings. The molecule has 2 heteroatoms. The first kappa shape index (κ1) is 15.0. The zero-order chi connectivity index (χ0) is 13.4. The molecule has 2 nitrogen and oxygen atoms in total. The largest absolute Gasteiger partial charge is 0.493 e. The zero-order valence-electron chi connectivity index (χ0n) is 12.2. The average molecular weight is 249 g/mol. The van der Waals surface area contributed by atoms with Crippen molar-refractivity contribution in [2.45, 2.75) is 53.1 Å². The number of para-hydroxylation sites is 1. The van der Waals surface area contributed by atoms with Crippen LogP contribution in [0, 0.1) is 5.92 Å². The summed E-state index contributed by atoms with van der Waals surface area (Å²) in [4.78, 5) is 0. The number of ether oxygens (including phenoxy) is 1. The fourth-order valence-corrected chi connectivity index (χ4v) is 1.91. The summed E-state index contributed by atoms with van der Waals surface area (Å²) in [5, 5.41) is 3.43. The van der Waals surface area contributed by atoms with Gasteiger partial charge in [-0.25, -0.2) is 0 Å². The highest BCUT2D eigenvalue weighted by Gasteiger charge is 2.06. The van der Waals surface area contributed by atoms with Gasteiger partial charge >= 0.3 is 0 Å². The first-order valence-corrected chi connectivity index (χ1v) is 7.07. The van der Waals surface area contributed by atoms with Gasteiger partial charge in [0.25, 0.3) is 0 Å². The first-order valence-electron chi connectivity index (χ1n) is 7.07. The fourth-order valence-electron chi connectivity index (χ4n) is 1.91. The molecule has 0 heterocycles. The zero-order valence-corrected chi connectivity index (χ0v) is 12.2. The molecule has 0 amide bonds. The van der Waals surface area contributed by atoms with Gasteiger partial charge in [-0.2, -0.15) is 0 Å². The molecule has 1 aromatic rings. The summed E-state index contributed by atoms with van der Waals surface area (Å²) in [5.41, 5.74) is 1.25. The predicted molar refractivity (Wildman–Crippen MR) is 78.0 cm³/mol. The minimum absolute atomic E-state index is 0.497. The lowest BCUT2D eigenvalue weighted by molar-refractivity contribution is 0.249. The lowest BCUT2D eigenvalue weighted by Crippen LogP contribution is -2.22. The Kier molecular flexibility index (Phi) is 6.81. The highest BCUT2D eigenvalue weighted by Crippen LogP contribution is 2.19. The normalized spacial score (nSPS) is 12.7. The molecule has 0 radical (unpaired) electrons. The summed E-state index contributed by atoms with van der Waals surface area (Å²) in [6.07, 6.45) is 2.45. The van der Waals surface area contributed by atoms with Gasteiger partial charge in [0.1, 0.15) is 5.75 Å². The van der Waals surface area contributed by atoms with Gasteiger partial charge in [-0.1, -0.05) is 52.3 Å². The predicted octanol–water partition coefficient (Wildman–Crippen LogP) is 4.00. The van der Waals surface area contributed by atoms with Gasteiger partial charge in [0, 0.05) is 18.2 Å². The van der Waals surface area contributed by atoms with Crippen molar-refractivity contribution >= 4 is 0 Å². The van der Waals surface area contributed by atoms with Crippen molar-refractivity contribution in [3.8, 4) is 5.75 Å². The van der Waals surface area contributed by atoms with E-state index in [0.29, 0.717) is 12.0 Å². The summed E-state index contributed by atoms with van der Waals surface area (Å²) in [6, 6.07) is 8.81. The van der Waals surface area contributed by atoms with Crippen LogP contribution in [0.3, 0.4) is 0 Å². The topological polar surface area (TPSA) is 21.3 Å². The Morgan fingerprint density at radius 2 is 1.89 bits per heavy atom. The average Bonchev–Trinajstić information content (AvgIpc) is 2.35. The van der Waals surface area contributed by atoms with Crippen LogP contribution in [0.15, 0.2) is 24.3 Å². The lowest BCUT2D eigenvalue weighted by atomic mass is 10.1. The van der Waals surface area contributed by atoms with E-state index in [0.717, 1.165) is 18.9 Å². The summed E-state index contributed by atoms with van der Waals surface area (Å²) in [5.74, 6) is 1.65. The van der Waals surface area contributed by atoms with Crippen LogP contribution in [0.1, 0.15) is 46.1 Å². The van der Waals surface area contributed by atoms with Crippen molar-refractivity contribution in [2.24, 2.45) is 5.92 Å². The molecule has 18 heavy (non-hydrogen) atoms. The SMILES string of the molecule is CCCC(C)COc1ccccc1CNC(C)C. The molecule has 102 valence electrons. The Hall–Kier alpha value is -1.02. The molecule has 0 saturated heterocycles. The van der Waals surface area contributed by atoms with Crippen LogP contribution in [-0.2, 0) is 6.54 Å². The first-order chi connectivity index (χ1) is 8.63. The molecule has 1 unspecified atom stereocenters. The van der Waals surface area contributed by atoms with Gasteiger partial charge in [0.2, 0.25) is 0 Å². The number of hydrogen-bond acceptors (Lipinski definition) is 2. The lowest BCUT2D eigenvalue weighted by Gasteiger charge is -2.16. The molecule has 0 aliphatic carbocycles. The van der Waals surface area contributed by atoms with Crippen molar-refractivity contribution in [1.82, 2.24) is 5.32 Å². The fraction of sp³-hybridized carbons (Fsp3) is 0.625. The van der Waals surface area contributed by atoms with Crippen LogP contribution in [0.25, 0.3) is 0 Å². The third-order valence-corrected chi connectivity index (χ3v) is 2.98. The van der Waals surface area contributed by atoms with Crippen LogP contribution in [0.4, 0.5) is 0 Å². The third kappa shape index (κ3) is 5.54. The van der Waals surface area contributed by atoms with Gasteiger partial charge in [-0.15, -0.1) is 0 Å². The molecule has 0 bridgehead atoms. The molecule has 0 saturated carbocycles. The Labute approximate surface area is 112 Å². The number of nitrogens with one attached hydrogen (secondary N) is 1. The molecule has 0 spiro atoms. The molecule has 0 aromatic heterocycles. The van der Waals surface area contributed by atoms with Gasteiger partial charge in [0.05, 0.1) is 6.61 Å². The number of benzene rings is 1. The van der Waals surface area contributed by atoms with E-state index >= 15 is 0 Å².